The predicted molar refractivity (Wildman–Crippen MR) is 105 cm³/mol. The first-order chi connectivity index (χ1) is 13.1. The number of nitrogens with zero attached hydrogens (tertiary/aromatic N) is 4. The highest BCUT2D eigenvalue weighted by atomic mass is 32.1. The second-order valence-corrected chi connectivity index (χ2v) is 6.86. The first kappa shape index (κ1) is 17.2. The van der Waals surface area contributed by atoms with Gasteiger partial charge in [-0.15, -0.1) is 5.10 Å². The maximum atomic E-state index is 12.5. The maximum absolute atomic E-state index is 12.5. The lowest BCUT2D eigenvalue weighted by Crippen LogP contribution is -2.12. The number of pyridine rings is 1. The van der Waals surface area contributed by atoms with Crippen molar-refractivity contribution in [1.82, 2.24) is 19.0 Å². The fourth-order valence-corrected chi connectivity index (χ4v) is 3.43. The van der Waals surface area contributed by atoms with Crippen molar-refractivity contribution >= 4 is 28.8 Å². The van der Waals surface area contributed by atoms with E-state index >= 15 is 0 Å². The van der Waals surface area contributed by atoms with E-state index in [9.17, 15) is 4.79 Å². The molecule has 0 unspecified atom stereocenters. The van der Waals surface area contributed by atoms with Gasteiger partial charge in [0.15, 0.2) is 0 Å². The molecular formula is C19H17N5O2S. The zero-order chi connectivity index (χ0) is 19.0. The minimum atomic E-state index is -0.260. The van der Waals surface area contributed by atoms with Gasteiger partial charge in [-0.25, -0.2) is 4.98 Å². The van der Waals surface area contributed by atoms with Gasteiger partial charge in [0.2, 0.25) is 0 Å². The molecule has 3 heterocycles. The molecule has 0 fully saturated rings. The van der Waals surface area contributed by atoms with E-state index in [-0.39, 0.29) is 5.91 Å². The normalized spacial score (nSPS) is 10.9. The molecule has 0 saturated heterocycles. The molecule has 0 spiro atoms. The molecule has 4 rings (SSSR count). The highest BCUT2D eigenvalue weighted by Crippen LogP contribution is 2.31. The summed E-state index contributed by atoms with van der Waals surface area (Å²) in [6.07, 6.45) is 3.93. The molecule has 3 aromatic heterocycles. The summed E-state index contributed by atoms with van der Waals surface area (Å²) < 4.78 is 11.2. The summed E-state index contributed by atoms with van der Waals surface area (Å²) in [5, 5.41) is 6.78. The number of fused-ring (bicyclic) bond motifs is 1. The topological polar surface area (TPSA) is 81.4 Å². The molecule has 1 N–H and O–H groups in total. The Kier molecular flexibility index (Phi) is 4.33. The summed E-state index contributed by atoms with van der Waals surface area (Å²) in [6.45, 7) is 3.78. The van der Waals surface area contributed by atoms with E-state index in [4.69, 9.17) is 9.72 Å². The molecule has 8 heteroatoms. The number of nitrogens with one attached hydrogen (secondary N) is 1. The molecule has 0 atom stereocenters. The van der Waals surface area contributed by atoms with Crippen LogP contribution in [-0.2, 0) is 0 Å². The Bertz CT molecular complexity index is 1150. The minimum Gasteiger partial charge on any atom is -0.495 e. The second kappa shape index (κ2) is 6.81. The van der Waals surface area contributed by atoms with Crippen molar-refractivity contribution in [3.63, 3.8) is 0 Å². The first-order valence-electron chi connectivity index (χ1n) is 8.30. The van der Waals surface area contributed by atoms with E-state index < -0.39 is 0 Å². The summed E-state index contributed by atoms with van der Waals surface area (Å²) in [6, 6.07) is 9.61. The molecule has 4 aromatic rings. The molecule has 0 radical (unpaired) electrons. The van der Waals surface area contributed by atoms with Crippen LogP contribution in [0.25, 0.3) is 16.9 Å². The SMILES string of the molecule is COc1ccc(-c2cn3cccc(C)c3n2)cc1NC(=O)c1snnc1C. The third kappa shape index (κ3) is 3.15. The van der Waals surface area contributed by atoms with Crippen LogP contribution in [-0.4, -0.2) is 32.0 Å². The van der Waals surface area contributed by atoms with Gasteiger partial charge in [0.05, 0.1) is 24.2 Å². The van der Waals surface area contributed by atoms with E-state index in [0.29, 0.717) is 22.0 Å². The van der Waals surface area contributed by atoms with Crippen molar-refractivity contribution in [1.29, 1.82) is 0 Å². The van der Waals surface area contributed by atoms with Gasteiger partial charge in [-0.05, 0) is 55.2 Å². The van der Waals surface area contributed by atoms with Crippen LogP contribution in [0.5, 0.6) is 5.75 Å². The Hall–Kier alpha value is -3.26. The minimum absolute atomic E-state index is 0.260. The molecule has 0 bridgehead atoms. The number of carbonyl (C=O) groups excluding carboxylic acids is 1. The van der Waals surface area contributed by atoms with Gasteiger partial charge in [0.1, 0.15) is 16.3 Å². The lowest BCUT2D eigenvalue weighted by Gasteiger charge is -2.11. The van der Waals surface area contributed by atoms with Crippen LogP contribution in [0.2, 0.25) is 0 Å². The molecule has 0 aliphatic rings. The van der Waals surface area contributed by atoms with Gasteiger partial charge in [-0.1, -0.05) is 10.6 Å². The van der Waals surface area contributed by atoms with E-state index in [1.165, 1.54) is 0 Å². The predicted octanol–water partition coefficient (Wildman–Crippen LogP) is 3.73. The monoisotopic (exact) mass is 379 g/mol. The highest BCUT2D eigenvalue weighted by Gasteiger charge is 2.16. The van der Waals surface area contributed by atoms with E-state index in [1.54, 1.807) is 14.0 Å². The number of imidazole rings is 1. The Labute approximate surface area is 159 Å². The number of hydrogen-bond donors (Lipinski definition) is 1. The van der Waals surface area contributed by atoms with Crippen LogP contribution in [0.15, 0.2) is 42.7 Å². The quantitative estimate of drug-likeness (QED) is 0.584. The number of amides is 1. The van der Waals surface area contributed by atoms with Gasteiger partial charge in [0.25, 0.3) is 5.91 Å². The molecule has 0 aliphatic heterocycles. The van der Waals surface area contributed by atoms with Gasteiger partial charge in [-0.2, -0.15) is 0 Å². The van der Waals surface area contributed by atoms with Crippen molar-refractivity contribution in [2.45, 2.75) is 13.8 Å². The number of hydrogen-bond acceptors (Lipinski definition) is 6. The molecular weight excluding hydrogens is 362 g/mol. The average molecular weight is 379 g/mol. The van der Waals surface area contributed by atoms with Crippen molar-refractivity contribution < 1.29 is 9.53 Å². The van der Waals surface area contributed by atoms with Gasteiger partial charge in [-0.3, -0.25) is 4.79 Å². The first-order valence-corrected chi connectivity index (χ1v) is 9.07. The highest BCUT2D eigenvalue weighted by molar-refractivity contribution is 7.08. The Morgan fingerprint density at radius 2 is 2.11 bits per heavy atom. The summed E-state index contributed by atoms with van der Waals surface area (Å²) in [7, 11) is 1.57. The lowest BCUT2D eigenvalue weighted by molar-refractivity contribution is 0.102. The fraction of sp³-hybridized carbons (Fsp3) is 0.158. The fourth-order valence-electron chi connectivity index (χ4n) is 2.88. The summed E-state index contributed by atoms with van der Waals surface area (Å²) in [5.74, 6) is 0.311. The van der Waals surface area contributed by atoms with Gasteiger partial charge < -0.3 is 14.5 Å². The number of aryl methyl sites for hydroxylation is 2. The van der Waals surface area contributed by atoms with E-state index in [2.05, 4.69) is 14.9 Å². The summed E-state index contributed by atoms with van der Waals surface area (Å²) in [5.41, 5.74) is 4.87. The zero-order valence-corrected chi connectivity index (χ0v) is 15.9. The number of anilines is 1. The third-order valence-corrected chi connectivity index (χ3v) is 5.11. The standard InChI is InChI=1S/C19H17N5O2S/c1-11-5-4-8-24-10-15(20-18(11)24)13-6-7-16(26-3)14(9-13)21-19(25)17-12(2)22-23-27-17/h4-10H,1-3H3,(H,21,25). The second-order valence-electron chi connectivity index (χ2n) is 6.10. The van der Waals surface area contributed by atoms with Crippen LogP contribution in [0.1, 0.15) is 20.9 Å². The summed E-state index contributed by atoms with van der Waals surface area (Å²) >= 11 is 1.07. The number of methoxy groups -OCH3 is 1. The van der Waals surface area contributed by atoms with Crippen molar-refractivity contribution in [3.8, 4) is 17.0 Å². The Balaban J connectivity index is 1.72. The number of ether oxygens (including phenoxy) is 1. The molecule has 0 saturated carbocycles. The number of rotatable bonds is 4. The lowest BCUT2D eigenvalue weighted by atomic mass is 10.1. The van der Waals surface area contributed by atoms with Crippen molar-refractivity contribution in [3.05, 3.63) is 58.9 Å². The Morgan fingerprint density at radius 1 is 1.26 bits per heavy atom. The third-order valence-electron chi connectivity index (χ3n) is 4.28. The molecule has 7 nitrogen and oxygen atoms in total. The van der Waals surface area contributed by atoms with Crippen LogP contribution < -0.4 is 10.1 Å². The van der Waals surface area contributed by atoms with E-state index in [1.807, 2.05) is 54.0 Å². The van der Waals surface area contributed by atoms with Crippen molar-refractivity contribution in [2.75, 3.05) is 12.4 Å². The molecule has 1 aromatic carbocycles. The van der Waals surface area contributed by atoms with Gasteiger partial charge in [0, 0.05) is 18.0 Å². The van der Waals surface area contributed by atoms with E-state index in [0.717, 1.165) is 34.0 Å². The Morgan fingerprint density at radius 3 is 2.81 bits per heavy atom. The van der Waals surface area contributed by atoms with Crippen LogP contribution in [0.4, 0.5) is 5.69 Å². The number of carbonyl (C=O) groups is 1. The number of aromatic nitrogens is 4. The smallest absolute Gasteiger partial charge is 0.269 e. The largest absolute Gasteiger partial charge is 0.495 e. The zero-order valence-electron chi connectivity index (χ0n) is 15.1. The average Bonchev–Trinajstić information content (AvgIpc) is 3.28. The van der Waals surface area contributed by atoms with Crippen LogP contribution in [0.3, 0.4) is 0 Å². The van der Waals surface area contributed by atoms with Crippen LogP contribution >= 0.6 is 11.5 Å². The molecule has 1 amide bonds. The maximum Gasteiger partial charge on any atom is 0.269 e. The van der Waals surface area contributed by atoms with Gasteiger partial charge >= 0.3 is 0 Å². The molecule has 0 aliphatic carbocycles. The number of benzene rings is 1. The van der Waals surface area contributed by atoms with Crippen molar-refractivity contribution in [2.24, 2.45) is 0 Å². The summed E-state index contributed by atoms with van der Waals surface area (Å²) in [4.78, 5) is 17.7. The molecule has 136 valence electrons. The molecule has 27 heavy (non-hydrogen) atoms. The van der Waals surface area contributed by atoms with Crippen LogP contribution in [0, 0.1) is 13.8 Å².